The van der Waals surface area contributed by atoms with Gasteiger partial charge in [-0.3, -0.25) is 4.90 Å². The van der Waals surface area contributed by atoms with Crippen molar-refractivity contribution in [1.29, 1.82) is 0 Å². The molecule has 0 bridgehead atoms. The molecule has 6 heteroatoms. The minimum atomic E-state index is -3.28. The number of hydrogen-bond donors (Lipinski definition) is 0. The topological polar surface area (TPSA) is 63.7 Å². The van der Waals surface area contributed by atoms with Crippen molar-refractivity contribution in [3.63, 3.8) is 0 Å². The van der Waals surface area contributed by atoms with E-state index >= 15 is 0 Å². The molecule has 0 spiro atoms. The van der Waals surface area contributed by atoms with Crippen LogP contribution in [0.15, 0.2) is 68.7 Å². The van der Waals surface area contributed by atoms with Gasteiger partial charge in [-0.05, 0) is 48.0 Å². The van der Waals surface area contributed by atoms with E-state index < -0.39 is 9.84 Å². The van der Waals surface area contributed by atoms with Gasteiger partial charge in [0.05, 0.1) is 29.2 Å². The van der Waals surface area contributed by atoms with Gasteiger partial charge in [-0.25, -0.2) is 8.42 Å². The molecule has 128 valence electrons. The van der Waals surface area contributed by atoms with Crippen LogP contribution < -0.4 is 0 Å². The third-order valence-electron chi connectivity index (χ3n) is 5.22. The summed E-state index contributed by atoms with van der Waals surface area (Å²) in [6, 6.07) is 13.0. The molecule has 3 aromatic rings. The predicted molar refractivity (Wildman–Crippen MR) is 91.8 cm³/mol. The summed E-state index contributed by atoms with van der Waals surface area (Å²) in [5, 5.41) is -0.371. The standard InChI is InChI=1S/C19H17NO4S/c21-25(22)18-6-5-13(17-4-2-8-24-17)9-15(18)16-11-20(12-19(16)25)10-14-3-1-7-23-14/h1-9,16,19H,10-12H2/t16-,19+/m0/s1. The molecule has 4 heterocycles. The van der Waals surface area contributed by atoms with Crippen molar-refractivity contribution in [3.05, 3.63) is 66.3 Å². The first kappa shape index (κ1) is 15.0. The Morgan fingerprint density at radius 3 is 2.64 bits per heavy atom. The largest absolute Gasteiger partial charge is 0.468 e. The second kappa shape index (κ2) is 5.34. The van der Waals surface area contributed by atoms with Crippen molar-refractivity contribution < 1.29 is 17.3 Å². The molecule has 2 aromatic heterocycles. The Morgan fingerprint density at radius 2 is 1.88 bits per heavy atom. The van der Waals surface area contributed by atoms with Gasteiger partial charge in [0.2, 0.25) is 0 Å². The van der Waals surface area contributed by atoms with Gasteiger partial charge in [-0.1, -0.05) is 0 Å². The first-order valence-electron chi connectivity index (χ1n) is 8.29. The van der Waals surface area contributed by atoms with Crippen LogP contribution in [0.5, 0.6) is 0 Å². The summed E-state index contributed by atoms with van der Waals surface area (Å²) >= 11 is 0. The van der Waals surface area contributed by atoms with E-state index in [2.05, 4.69) is 4.90 Å². The zero-order chi connectivity index (χ0) is 17.0. The van der Waals surface area contributed by atoms with Crippen molar-refractivity contribution in [3.8, 4) is 11.3 Å². The Kier molecular flexibility index (Phi) is 3.20. The van der Waals surface area contributed by atoms with Crippen LogP contribution in [0.25, 0.3) is 11.3 Å². The van der Waals surface area contributed by atoms with Gasteiger partial charge < -0.3 is 8.83 Å². The number of rotatable bonds is 3. The maximum Gasteiger partial charge on any atom is 0.183 e. The van der Waals surface area contributed by atoms with E-state index in [1.54, 1.807) is 18.6 Å². The minimum absolute atomic E-state index is 0.00451. The van der Waals surface area contributed by atoms with Crippen LogP contribution in [0.2, 0.25) is 0 Å². The molecule has 0 unspecified atom stereocenters. The number of likely N-dealkylation sites (tertiary alicyclic amines) is 1. The molecule has 2 atom stereocenters. The maximum atomic E-state index is 12.9. The van der Waals surface area contributed by atoms with E-state index in [1.807, 2.05) is 36.4 Å². The lowest BCUT2D eigenvalue weighted by molar-refractivity contribution is 0.293. The van der Waals surface area contributed by atoms with Crippen LogP contribution in [0, 0.1) is 0 Å². The highest BCUT2D eigenvalue weighted by Crippen LogP contribution is 2.46. The highest BCUT2D eigenvalue weighted by Gasteiger charge is 2.50. The van der Waals surface area contributed by atoms with Crippen LogP contribution >= 0.6 is 0 Å². The second-order valence-corrected chi connectivity index (χ2v) is 8.83. The van der Waals surface area contributed by atoms with E-state index in [4.69, 9.17) is 8.83 Å². The molecule has 5 nitrogen and oxygen atoms in total. The summed E-state index contributed by atoms with van der Waals surface area (Å²) in [6.45, 7) is 1.90. The van der Waals surface area contributed by atoms with Crippen LogP contribution in [-0.4, -0.2) is 31.7 Å². The predicted octanol–water partition coefficient (Wildman–Crippen LogP) is 3.29. The van der Waals surface area contributed by atoms with Gasteiger partial charge >= 0.3 is 0 Å². The minimum Gasteiger partial charge on any atom is -0.468 e. The molecule has 25 heavy (non-hydrogen) atoms. The molecule has 1 aromatic carbocycles. The molecule has 0 amide bonds. The summed E-state index contributed by atoms with van der Waals surface area (Å²) in [6.07, 6.45) is 3.27. The summed E-state index contributed by atoms with van der Waals surface area (Å²) in [5.41, 5.74) is 1.84. The number of fused-ring (bicyclic) bond motifs is 3. The molecule has 0 radical (unpaired) electrons. The Bertz CT molecular complexity index is 1010. The van der Waals surface area contributed by atoms with Crippen LogP contribution in [0.3, 0.4) is 0 Å². The average molecular weight is 355 g/mol. The fourth-order valence-corrected chi connectivity index (χ4v) is 6.27. The Balaban J connectivity index is 1.51. The maximum absolute atomic E-state index is 12.9. The molecule has 0 N–H and O–H groups in total. The normalized spacial score (nSPS) is 24.3. The van der Waals surface area contributed by atoms with E-state index in [0.29, 0.717) is 18.0 Å². The van der Waals surface area contributed by atoms with Crippen molar-refractivity contribution in [2.24, 2.45) is 0 Å². The van der Waals surface area contributed by atoms with Gasteiger partial charge in [0.1, 0.15) is 11.5 Å². The lowest BCUT2D eigenvalue weighted by Crippen LogP contribution is -2.25. The number of sulfone groups is 1. The smallest absolute Gasteiger partial charge is 0.183 e. The van der Waals surface area contributed by atoms with Gasteiger partial charge in [-0.15, -0.1) is 0 Å². The monoisotopic (exact) mass is 355 g/mol. The summed E-state index contributed by atoms with van der Waals surface area (Å²) in [5.74, 6) is 1.63. The first-order valence-corrected chi connectivity index (χ1v) is 9.84. The van der Waals surface area contributed by atoms with Crippen molar-refractivity contribution in [1.82, 2.24) is 4.90 Å². The van der Waals surface area contributed by atoms with Crippen molar-refractivity contribution >= 4 is 9.84 Å². The van der Waals surface area contributed by atoms with Crippen molar-refractivity contribution in [2.45, 2.75) is 22.6 Å². The van der Waals surface area contributed by atoms with Crippen LogP contribution in [-0.2, 0) is 16.4 Å². The summed E-state index contributed by atoms with van der Waals surface area (Å²) in [4.78, 5) is 2.64. The Labute approximate surface area is 145 Å². The van der Waals surface area contributed by atoms with Crippen LogP contribution in [0.4, 0.5) is 0 Å². The molecule has 1 fully saturated rings. The van der Waals surface area contributed by atoms with E-state index in [0.717, 1.165) is 29.2 Å². The SMILES string of the molecule is O=S1(=O)c2ccc(-c3ccco3)cc2[C@@H]2CN(Cc3ccco3)C[C@H]21. The number of benzene rings is 1. The average Bonchev–Trinajstić information content (AvgIpc) is 3.37. The second-order valence-electron chi connectivity index (χ2n) is 6.69. The molecule has 2 aliphatic rings. The number of furan rings is 2. The zero-order valence-corrected chi connectivity index (χ0v) is 14.3. The van der Waals surface area contributed by atoms with Gasteiger partial charge in [0.15, 0.2) is 9.84 Å². The van der Waals surface area contributed by atoms with E-state index in [1.165, 1.54) is 0 Å². The first-order chi connectivity index (χ1) is 12.1. The zero-order valence-electron chi connectivity index (χ0n) is 13.5. The number of hydrogen-bond acceptors (Lipinski definition) is 5. The quantitative estimate of drug-likeness (QED) is 0.721. The summed E-state index contributed by atoms with van der Waals surface area (Å²) < 4.78 is 36.7. The highest BCUT2D eigenvalue weighted by atomic mass is 32.2. The van der Waals surface area contributed by atoms with Gasteiger partial charge in [-0.2, -0.15) is 0 Å². The Hall–Kier alpha value is -2.31. The van der Waals surface area contributed by atoms with Gasteiger partial charge in [0.25, 0.3) is 0 Å². The molecular weight excluding hydrogens is 338 g/mol. The molecule has 1 saturated heterocycles. The molecule has 2 aliphatic heterocycles. The lowest BCUT2D eigenvalue weighted by atomic mass is 9.96. The molecule has 0 saturated carbocycles. The van der Waals surface area contributed by atoms with E-state index in [9.17, 15) is 8.42 Å². The Morgan fingerprint density at radius 1 is 1.04 bits per heavy atom. The molecule has 5 rings (SSSR count). The fourth-order valence-electron chi connectivity index (χ4n) is 4.07. The molecule has 0 aliphatic carbocycles. The van der Waals surface area contributed by atoms with Gasteiger partial charge in [0, 0.05) is 24.6 Å². The van der Waals surface area contributed by atoms with Crippen molar-refractivity contribution in [2.75, 3.05) is 13.1 Å². The summed E-state index contributed by atoms with van der Waals surface area (Å²) in [7, 11) is -3.28. The third-order valence-corrected chi connectivity index (χ3v) is 7.48. The third kappa shape index (κ3) is 2.28. The van der Waals surface area contributed by atoms with E-state index in [-0.39, 0.29) is 11.2 Å². The number of nitrogens with zero attached hydrogens (tertiary/aromatic N) is 1. The fraction of sp³-hybridized carbons (Fsp3) is 0.263. The highest BCUT2D eigenvalue weighted by molar-refractivity contribution is 7.92. The molecular formula is C19H17NO4S. The van der Waals surface area contributed by atoms with Crippen LogP contribution in [0.1, 0.15) is 17.2 Å². The lowest BCUT2D eigenvalue weighted by Gasteiger charge is -2.15.